The van der Waals surface area contributed by atoms with E-state index in [1.807, 2.05) is 24.9 Å². The van der Waals surface area contributed by atoms with Gasteiger partial charge in [0.1, 0.15) is 16.0 Å². The highest BCUT2D eigenvalue weighted by atomic mass is 79.9. The summed E-state index contributed by atoms with van der Waals surface area (Å²) in [5.41, 5.74) is 1.18. The Morgan fingerprint density at radius 2 is 1.95 bits per heavy atom. The van der Waals surface area contributed by atoms with Gasteiger partial charge < -0.3 is 14.8 Å². The van der Waals surface area contributed by atoms with Crippen LogP contribution < -0.4 is 14.8 Å². The monoisotopic (exact) mass is 391 g/mol. The van der Waals surface area contributed by atoms with Gasteiger partial charge in [0, 0.05) is 33.6 Å². The van der Waals surface area contributed by atoms with E-state index >= 15 is 0 Å². The molecular formula is C15H22BrNO2S2. The average Bonchev–Trinajstić information content (AvgIpc) is 2.50. The molecule has 0 aromatic heterocycles. The lowest BCUT2D eigenvalue weighted by molar-refractivity contribution is 0.380. The normalized spacial score (nSPS) is 23.7. The molecule has 3 unspecified atom stereocenters. The zero-order valence-electron chi connectivity index (χ0n) is 12.8. The first-order chi connectivity index (χ1) is 10.1. The Morgan fingerprint density at radius 1 is 1.24 bits per heavy atom. The maximum Gasteiger partial charge on any atom is 0.141 e. The number of nitrogens with one attached hydrogen (secondary N) is 1. The van der Waals surface area contributed by atoms with E-state index in [9.17, 15) is 0 Å². The molecular weight excluding hydrogens is 370 g/mol. The molecule has 21 heavy (non-hydrogen) atoms. The van der Waals surface area contributed by atoms with Crippen LogP contribution in [-0.4, -0.2) is 43.3 Å². The largest absolute Gasteiger partial charge is 0.495 e. The van der Waals surface area contributed by atoms with Crippen molar-refractivity contribution >= 4 is 39.5 Å². The molecule has 1 fully saturated rings. The van der Waals surface area contributed by atoms with Crippen LogP contribution in [0.2, 0.25) is 0 Å². The lowest BCUT2D eigenvalue weighted by Gasteiger charge is -2.35. The van der Waals surface area contributed by atoms with E-state index in [0.29, 0.717) is 10.5 Å². The van der Waals surface area contributed by atoms with Crippen LogP contribution in [0.15, 0.2) is 16.6 Å². The first-order valence-corrected chi connectivity index (χ1v) is 9.84. The summed E-state index contributed by atoms with van der Waals surface area (Å²) in [4.78, 5) is 0. The van der Waals surface area contributed by atoms with Gasteiger partial charge in [-0.3, -0.25) is 0 Å². The second-order valence-electron chi connectivity index (χ2n) is 4.88. The van der Waals surface area contributed by atoms with E-state index in [1.165, 1.54) is 17.1 Å². The number of thioether (sulfide) groups is 2. The van der Waals surface area contributed by atoms with E-state index < -0.39 is 0 Å². The third-order valence-electron chi connectivity index (χ3n) is 3.73. The summed E-state index contributed by atoms with van der Waals surface area (Å²) in [5.74, 6) is 4.10. The number of methoxy groups -OCH3 is 2. The van der Waals surface area contributed by atoms with Crippen LogP contribution >= 0.6 is 39.5 Å². The van der Waals surface area contributed by atoms with Gasteiger partial charge in [-0.25, -0.2) is 0 Å². The van der Waals surface area contributed by atoms with E-state index in [2.05, 4.69) is 46.0 Å². The van der Waals surface area contributed by atoms with Crippen LogP contribution in [0.4, 0.5) is 0 Å². The van der Waals surface area contributed by atoms with Crippen LogP contribution in [0.25, 0.3) is 0 Å². The Bertz CT molecular complexity index is 487. The molecule has 6 heteroatoms. The fraction of sp³-hybridized carbons (Fsp3) is 0.600. The topological polar surface area (TPSA) is 30.5 Å². The summed E-state index contributed by atoms with van der Waals surface area (Å²) < 4.78 is 11.9. The highest BCUT2D eigenvalue weighted by molar-refractivity contribution is 9.10. The van der Waals surface area contributed by atoms with Gasteiger partial charge >= 0.3 is 0 Å². The molecule has 0 spiro atoms. The van der Waals surface area contributed by atoms with Gasteiger partial charge in [-0.15, -0.1) is 0 Å². The Kier molecular flexibility index (Phi) is 6.59. The number of rotatable bonds is 5. The quantitative estimate of drug-likeness (QED) is 0.820. The summed E-state index contributed by atoms with van der Waals surface area (Å²) in [7, 11) is 5.40. The van der Waals surface area contributed by atoms with E-state index in [-0.39, 0.29) is 6.04 Å². The molecule has 0 amide bonds. The summed E-state index contributed by atoms with van der Waals surface area (Å²) in [6.07, 6.45) is 0. The molecule has 0 saturated carbocycles. The van der Waals surface area contributed by atoms with Crippen LogP contribution in [0.1, 0.15) is 18.5 Å². The lowest BCUT2D eigenvalue weighted by Crippen LogP contribution is -2.36. The van der Waals surface area contributed by atoms with Crippen molar-refractivity contribution in [2.45, 2.75) is 23.5 Å². The van der Waals surface area contributed by atoms with Crippen LogP contribution in [0, 0.1) is 0 Å². The van der Waals surface area contributed by atoms with Gasteiger partial charge in [0.2, 0.25) is 0 Å². The Balaban J connectivity index is 2.39. The molecule has 2 rings (SSSR count). The summed E-state index contributed by atoms with van der Waals surface area (Å²) >= 11 is 7.70. The zero-order valence-corrected chi connectivity index (χ0v) is 16.0. The Labute approximate surface area is 144 Å². The van der Waals surface area contributed by atoms with Gasteiger partial charge in [-0.1, -0.05) is 6.92 Å². The molecule has 0 aliphatic carbocycles. The van der Waals surface area contributed by atoms with Crippen LogP contribution in [-0.2, 0) is 0 Å². The molecule has 1 aliphatic heterocycles. The maximum atomic E-state index is 5.64. The molecule has 3 nitrogen and oxygen atoms in total. The van der Waals surface area contributed by atoms with Crippen LogP contribution in [0.3, 0.4) is 0 Å². The van der Waals surface area contributed by atoms with Crippen molar-refractivity contribution in [1.82, 2.24) is 5.32 Å². The number of hydrogen-bond acceptors (Lipinski definition) is 5. The third-order valence-corrected chi connectivity index (χ3v) is 7.67. The lowest BCUT2D eigenvalue weighted by atomic mass is 10.0. The molecule has 1 aromatic carbocycles. The van der Waals surface area contributed by atoms with Gasteiger partial charge in [0.05, 0.1) is 14.2 Å². The number of hydrogen-bond donors (Lipinski definition) is 1. The van der Waals surface area contributed by atoms with Crippen molar-refractivity contribution in [2.75, 3.05) is 32.8 Å². The fourth-order valence-electron chi connectivity index (χ4n) is 2.68. The predicted octanol–water partition coefficient (Wildman–Crippen LogP) is 3.96. The number of benzene rings is 1. The molecule has 0 radical (unpaired) electrons. The van der Waals surface area contributed by atoms with Gasteiger partial charge in [0.25, 0.3) is 0 Å². The van der Waals surface area contributed by atoms with Crippen molar-refractivity contribution < 1.29 is 9.47 Å². The van der Waals surface area contributed by atoms with E-state index in [0.717, 1.165) is 16.0 Å². The summed E-state index contributed by atoms with van der Waals surface area (Å²) in [5, 5.41) is 4.63. The third kappa shape index (κ3) is 3.66. The molecule has 3 atom stereocenters. The molecule has 1 aliphatic rings. The minimum absolute atomic E-state index is 0.259. The van der Waals surface area contributed by atoms with Gasteiger partial charge in [0.15, 0.2) is 0 Å². The Hall–Kier alpha value is -0.0400. The van der Waals surface area contributed by atoms with Crippen molar-refractivity contribution in [3.8, 4) is 11.5 Å². The van der Waals surface area contributed by atoms with Gasteiger partial charge in [-0.2, -0.15) is 23.5 Å². The first kappa shape index (κ1) is 17.3. The molecule has 1 heterocycles. The molecule has 1 saturated heterocycles. The number of halogens is 1. The molecule has 0 bridgehead atoms. The highest BCUT2D eigenvalue weighted by Crippen LogP contribution is 2.45. The zero-order chi connectivity index (χ0) is 15.4. The second kappa shape index (κ2) is 7.99. The summed E-state index contributed by atoms with van der Waals surface area (Å²) in [6, 6.07) is 4.36. The average molecular weight is 392 g/mol. The van der Waals surface area contributed by atoms with Gasteiger partial charge in [-0.05, 0) is 35.1 Å². The first-order valence-electron chi connectivity index (χ1n) is 6.94. The predicted molar refractivity (Wildman–Crippen MR) is 97.2 cm³/mol. The summed E-state index contributed by atoms with van der Waals surface area (Å²) in [6.45, 7) is 2.32. The molecule has 118 valence electrons. The molecule has 1 N–H and O–H groups in total. The maximum absolute atomic E-state index is 5.64. The smallest absolute Gasteiger partial charge is 0.141 e. The van der Waals surface area contributed by atoms with Crippen molar-refractivity contribution in [2.24, 2.45) is 0 Å². The molecule has 1 aromatic rings. The van der Waals surface area contributed by atoms with Crippen molar-refractivity contribution in [3.63, 3.8) is 0 Å². The number of ether oxygens (including phenoxy) is 2. The van der Waals surface area contributed by atoms with Crippen LogP contribution in [0.5, 0.6) is 11.5 Å². The van der Waals surface area contributed by atoms with Crippen molar-refractivity contribution in [1.29, 1.82) is 0 Å². The van der Waals surface area contributed by atoms with E-state index in [4.69, 9.17) is 9.47 Å². The Morgan fingerprint density at radius 3 is 2.52 bits per heavy atom. The second-order valence-corrected chi connectivity index (χ2v) is 8.45. The minimum Gasteiger partial charge on any atom is -0.495 e. The SMILES string of the molecule is CNC(c1ccc(OC)c(Br)c1OC)C1SCCSC1C. The van der Waals surface area contributed by atoms with E-state index in [1.54, 1.807) is 14.2 Å². The standard InChI is InChI=1S/C15H22BrNO2S2/c1-9-15(21-8-7-20-9)13(17-2)10-5-6-11(18-3)12(16)14(10)19-4/h5-6,9,13,15,17H,7-8H2,1-4H3. The van der Waals surface area contributed by atoms with Crippen molar-refractivity contribution in [3.05, 3.63) is 22.2 Å². The fourth-order valence-corrected chi connectivity index (χ4v) is 6.34. The minimum atomic E-state index is 0.259. The highest BCUT2D eigenvalue weighted by Gasteiger charge is 2.33.